The molecular formula is C33H60ClN. The smallest absolute Gasteiger partial charge is 0.0977 e. The first-order valence-electron chi connectivity index (χ1n) is 15.3. The summed E-state index contributed by atoms with van der Waals surface area (Å²) in [5.74, 6) is 0. The van der Waals surface area contributed by atoms with Crippen LogP contribution in [0.1, 0.15) is 142 Å². The van der Waals surface area contributed by atoms with Gasteiger partial charge in [0.2, 0.25) is 0 Å². The molecule has 0 atom stereocenters. The zero-order chi connectivity index (χ0) is 24.6. The van der Waals surface area contributed by atoms with E-state index in [1.165, 1.54) is 152 Å². The topological polar surface area (TPSA) is 0 Å². The number of rotatable bonds is 24. The number of halogens is 1. The normalized spacial score (nSPS) is 11.7. The Morgan fingerprint density at radius 2 is 0.886 bits per heavy atom. The van der Waals surface area contributed by atoms with E-state index in [1.54, 1.807) is 0 Å². The Labute approximate surface area is 227 Å². The standard InChI is InChI=1S/C33H60N.ClH/c1-4-7-10-13-16-22-29-34(30-23-17-14-11-8-5-2,31-24-18-15-12-9-6-3)32-25-28-33-26-20-19-21-27-33;/h19-21,25-28H,4-18,22-24,29-32H2,1-3H3;1H/q+1;/p-1/b28-25+;. The molecule has 0 fully saturated rings. The molecule has 1 aromatic rings. The van der Waals surface area contributed by atoms with E-state index in [9.17, 15) is 0 Å². The van der Waals surface area contributed by atoms with Crippen molar-refractivity contribution in [1.82, 2.24) is 0 Å². The van der Waals surface area contributed by atoms with Gasteiger partial charge in [-0.1, -0.05) is 134 Å². The first-order valence-corrected chi connectivity index (χ1v) is 15.3. The Bertz CT molecular complexity index is 527. The third kappa shape index (κ3) is 19.0. The average Bonchev–Trinajstić information content (AvgIpc) is 2.86. The molecule has 35 heavy (non-hydrogen) atoms. The number of benzene rings is 1. The highest BCUT2D eigenvalue weighted by atomic mass is 35.5. The van der Waals surface area contributed by atoms with E-state index in [1.807, 2.05) is 0 Å². The van der Waals surface area contributed by atoms with Gasteiger partial charge < -0.3 is 16.9 Å². The van der Waals surface area contributed by atoms with Crippen molar-refractivity contribution >= 4 is 6.08 Å². The van der Waals surface area contributed by atoms with Gasteiger partial charge in [-0.2, -0.15) is 0 Å². The van der Waals surface area contributed by atoms with Gasteiger partial charge in [-0.15, -0.1) is 0 Å². The van der Waals surface area contributed by atoms with Crippen molar-refractivity contribution in [2.24, 2.45) is 0 Å². The van der Waals surface area contributed by atoms with Crippen LogP contribution in [0.15, 0.2) is 36.4 Å². The fourth-order valence-electron chi connectivity index (χ4n) is 5.27. The molecule has 0 aliphatic rings. The Kier molecular flexibility index (Phi) is 24.3. The maximum absolute atomic E-state index is 2.50. The number of nitrogens with zero attached hydrogens (tertiary/aromatic N) is 1. The number of quaternary nitrogens is 1. The molecule has 0 saturated carbocycles. The molecule has 0 bridgehead atoms. The van der Waals surface area contributed by atoms with E-state index >= 15 is 0 Å². The fourth-order valence-corrected chi connectivity index (χ4v) is 5.27. The average molecular weight is 506 g/mol. The van der Waals surface area contributed by atoms with Crippen molar-refractivity contribution in [3.05, 3.63) is 42.0 Å². The van der Waals surface area contributed by atoms with Crippen molar-refractivity contribution < 1.29 is 16.9 Å². The van der Waals surface area contributed by atoms with Crippen LogP contribution in [0.5, 0.6) is 0 Å². The maximum Gasteiger partial charge on any atom is 0.0977 e. The van der Waals surface area contributed by atoms with Crippen molar-refractivity contribution in [2.75, 3.05) is 26.2 Å². The van der Waals surface area contributed by atoms with Crippen molar-refractivity contribution in [3.8, 4) is 0 Å². The molecule has 1 nitrogen and oxygen atoms in total. The van der Waals surface area contributed by atoms with E-state index in [0.29, 0.717) is 0 Å². The van der Waals surface area contributed by atoms with E-state index in [2.05, 4.69) is 63.3 Å². The molecule has 0 radical (unpaired) electrons. The summed E-state index contributed by atoms with van der Waals surface area (Å²) < 4.78 is 1.33. The molecular weight excluding hydrogens is 446 g/mol. The van der Waals surface area contributed by atoms with Crippen LogP contribution in [0, 0.1) is 0 Å². The summed E-state index contributed by atoms with van der Waals surface area (Å²) in [6.45, 7) is 12.3. The molecule has 0 N–H and O–H groups in total. The van der Waals surface area contributed by atoms with Gasteiger partial charge >= 0.3 is 0 Å². The highest BCUT2D eigenvalue weighted by Gasteiger charge is 2.24. The number of unbranched alkanes of at least 4 members (excludes halogenated alkanes) is 15. The van der Waals surface area contributed by atoms with Gasteiger partial charge in [0.05, 0.1) is 26.2 Å². The Morgan fingerprint density at radius 3 is 1.29 bits per heavy atom. The minimum Gasteiger partial charge on any atom is -1.00 e. The lowest BCUT2D eigenvalue weighted by Crippen LogP contribution is -3.00. The van der Waals surface area contributed by atoms with Gasteiger partial charge in [-0.25, -0.2) is 0 Å². The highest BCUT2D eigenvalue weighted by Crippen LogP contribution is 2.19. The van der Waals surface area contributed by atoms with Crippen LogP contribution in [-0.4, -0.2) is 30.7 Å². The molecule has 0 unspecified atom stereocenters. The lowest BCUT2D eigenvalue weighted by atomic mass is 10.1. The van der Waals surface area contributed by atoms with Gasteiger partial charge in [0, 0.05) is 0 Å². The minimum atomic E-state index is 0. The molecule has 0 aliphatic carbocycles. The van der Waals surface area contributed by atoms with Gasteiger partial charge in [0.15, 0.2) is 0 Å². The summed E-state index contributed by atoms with van der Waals surface area (Å²) in [6, 6.07) is 10.9. The van der Waals surface area contributed by atoms with Crippen molar-refractivity contribution in [1.29, 1.82) is 0 Å². The van der Waals surface area contributed by atoms with Gasteiger partial charge in [0.25, 0.3) is 0 Å². The zero-order valence-electron chi connectivity index (χ0n) is 23.9. The molecule has 0 spiro atoms. The van der Waals surface area contributed by atoms with Crippen molar-refractivity contribution in [2.45, 2.75) is 136 Å². The van der Waals surface area contributed by atoms with E-state index in [-0.39, 0.29) is 12.4 Å². The fraction of sp³-hybridized carbons (Fsp3) is 0.758. The summed E-state index contributed by atoms with van der Waals surface area (Å²) in [5.41, 5.74) is 1.35. The summed E-state index contributed by atoms with van der Waals surface area (Å²) in [6.07, 6.45) is 30.2. The summed E-state index contributed by atoms with van der Waals surface area (Å²) >= 11 is 0. The molecule has 0 heterocycles. The number of hydrogen-bond donors (Lipinski definition) is 0. The predicted molar refractivity (Wildman–Crippen MR) is 155 cm³/mol. The van der Waals surface area contributed by atoms with Crippen LogP contribution in [0.25, 0.3) is 6.08 Å². The molecule has 1 aromatic carbocycles. The second kappa shape index (κ2) is 24.9. The van der Waals surface area contributed by atoms with E-state index in [0.717, 1.165) is 0 Å². The molecule has 2 heteroatoms. The lowest BCUT2D eigenvalue weighted by molar-refractivity contribution is -0.923. The largest absolute Gasteiger partial charge is 1.00 e. The summed E-state index contributed by atoms with van der Waals surface area (Å²) in [7, 11) is 0. The first-order chi connectivity index (χ1) is 16.8. The monoisotopic (exact) mass is 505 g/mol. The second-order valence-corrected chi connectivity index (χ2v) is 10.8. The Balaban J connectivity index is 0.0000116. The SMILES string of the molecule is CCCCCCCC[N+](C/C=C/c1ccccc1)(CCCCCCCC)CCCCCCCC.[Cl-]. The van der Waals surface area contributed by atoms with Gasteiger partial charge in [-0.3, -0.25) is 0 Å². The Hall–Kier alpha value is -0.790. The van der Waals surface area contributed by atoms with E-state index in [4.69, 9.17) is 0 Å². The third-order valence-corrected chi connectivity index (χ3v) is 7.56. The molecule has 1 rings (SSSR count). The Morgan fingerprint density at radius 1 is 0.514 bits per heavy atom. The summed E-state index contributed by atoms with van der Waals surface area (Å²) in [4.78, 5) is 0. The molecule has 0 saturated heterocycles. The molecule has 0 aliphatic heterocycles. The first kappa shape index (κ1) is 34.2. The van der Waals surface area contributed by atoms with Gasteiger partial charge in [-0.05, 0) is 50.2 Å². The third-order valence-electron chi connectivity index (χ3n) is 7.56. The van der Waals surface area contributed by atoms with Crippen LogP contribution in [0.2, 0.25) is 0 Å². The quantitative estimate of drug-likeness (QED) is 0.100. The van der Waals surface area contributed by atoms with Crippen LogP contribution in [0.3, 0.4) is 0 Å². The molecule has 0 aromatic heterocycles. The number of hydrogen-bond acceptors (Lipinski definition) is 0. The van der Waals surface area contributed by atoms with Crippen LogP contribution in [-0.2, 0) is 0 Å². The second-order valence-electron chi connectivity index (χ2n) is 10.8. The van der Waals surface area contributed by atoms with Crippen molar-refractivity contribution in [3.63, 3.8) is 0 Å². The van der Waals surface area contributed by atoms with Crippen LogP contribution < -0.4 is 12.4 Å². The molecule has 204 valence electrons. The lowest BCUT2D eigenvalue weighted by Gasteiger charge is -2.39. The molecule has 0 amide bonds. The zero-order valence-corrected chi connectivity index (χ0v) is 24.7. The summed E-state index contributed by atoms with van der Waals surface area (Å²) in [5, 5.41) is 0. The van der Waals surface area contributed by atoms with Crippen LogP contribution in [0.4, 0.5) is 0 Å². The maximum atomic E-state index is 2.50. The highest BCUT2D eigenvalue weighted by molar-refractivity contribution is 5.48. The van der Waals surface area contributed by atoms with E-state index < -0.39 is 0 Å². The van der Waals surface area contributed by atoms with Crippen LogP contribution >= 0.6 is 0 Å². The predicted octanol–water partition coefficient (Wildman–Crippen LogP) is 7.60. The minimum absolute atomic E-state index is 0. The van der Waals surface area contributed by atoms with Gasteiger partial charge in [0.1, 0.15) is 0 Å².